The predicted molar refractivity (Wildman–Crippen MR) is 93.4 cm³/mol. The number of nitrogens with one attached hydrogen (secondary N) is 1. The Morgan fingerprint density at radius 3 is 2.71 bits per heavy atom. The summed E-state index contributed by atoms with van der Waals surface area (Å²) in [5, 5.41) is 4.35. The Labute approximate surface area is 132 Å². The molecule has 0 aliphatic heterocycles. The van der Waals surface area contributed by atoms with E-state index in [-0.39, 0.29) is 6.04 Å². The fraction of sp³-hybridized carbons (Fsp3) is 0.312. The van der Waals surface area contributed by atoms with Crippen molar-refractivity contribution in [2.24, 2.45) is 5.10 Å². The molecule has 1 heterocycles. The van der Waals surface area contributed by atoms with Gasteiger partial charge in [0.2, 0.25) is 0 Å². The topological polar surface area (TPSA) is 40.5 Å². The van der Waals surface area contributed by atoms with E-state index in [0.717, 1.165) is 17.8 Å². The summed E-state index contributed by atoms with van der Waals surface area (Å²) in [5.41, 5.74) is 5.43. The SMILES string of the molecule is C/C=C\C/C=C\C(C)N(C=S)/C(=N\NC)c1ccncc1. The highest BCUT2D eigenvalue weighted by Crippen LogP contribution is 2.09. The fourth-order valence-corrected chi connectivity index (χ4v) is 2.09. The number of amidine groups is 1. The van der Waals surface area contributed by atoms with Crippen molar-refractivity contribution < 1.29 is 0 Å². The van der Waals surface area contributed by atoms with Crippen LogP contribution in [0.5, 0.6) is 0 Å². The van der Waals surface area contributed by atoms with Crippen LogP contribution in [0.4, 0.5) is 0 Å². The molecule has 4 nitrogen and oxygen atoms in total. The van der Waals surface area contributed by atoms with E-state index in [2.05, 4.69) is 40.7 Å². The van der Waals surface area contributed by atoms with E-state index >= 15 is 0 Å². The molecule has 0 aliphatic rings. The molecule has 21 heavy (non-hydrogen) atoms. The summed E-state index contributed by atoms with van der Waals surface area (Å²) >= 11 is 5.17. The summed E-state index contributed by atoms with van der Waals surface area (Å²) in [6.45, 7) is 4.10. The number of pyridine rings is 1. The van der Waals surface area contributed by atoms with Crippen LogP contribution in [0.25, 0.3) is 0 Å². The van der Waals surface area contributed by atoms with E-state index in [1.165, 1.54) is 0 Å². The lowest BCUT2D eigenvalue weighted by atomic mass is 10.2. The van der Waals surface area contributed by atoms with Gasteiger partial charge in [0.15, 0.2) is 5.84 Å². The Hall–Kier alpha value is -2.01. The molecule has 1 aromatic heterocycles. The Bertz CT molecular complexity index is 508. The van der Waals surface area contributed by atoms with Crippen LogP contribution in [0, 0.1) is 0 Å². The lowest BCUT2D eigenvalue weighted by Crippen LogP contribution is -2.37. The average Bonchev–Trinajstić information content (AvgIpc) is 2.52. The number of aromatic nitrogens is 1. The zero-order valence-electron chi connectivity index (χ0n) is 12.7. The summed E-state index contributed by atoms with van der Waals surface area (Å²) < 4.78 is 0. The maximum atomic E-state index is 5.17. The molecular formula is C16H22N4S. The van der Waals surface area contributed by atoms with Crippen LogP contribution < -0.4 is 5.43 Å². The smallest absolute Gasteiger partial charge is 0.160 e. The molecule has 0 radical (unpaired) electrons. The van der Waals surface area contributed by atoms with Gasteiger partial charge < -0.3 is 10.3 Å². The van der Waals surface area contributed by atoms with E-state index in [9.17, 15) is 0 Å². The molecule has 0 spiro atoms. The Morgan fingerprint density at radius 1 is 1.43 bits per heavy atom. The lowest BCUT2D eigenvalue weighted by molar-refractivity contribution is 0.558. The van der Waals surface area contributed by atoms with E-state index in [4.69, 9.17) is 12.2 Å². The molecule has 5 heteroatoms. The van der Waals surface area contributed by atoms with Crippen molar-refractivity contribution in [3.63, 3.8) is 0 Å². The Balaban J connectivity index is 2.96. The Kier molecular flexibility index (Phi) is 7.97. The third-order valence-corrected chi connectivity index (χ3v) is 3.10. The zero-order chi connectivity index (χ0) is 15.5. The number of allylic oxidation sites excluding steroid dienone is 3. The second kappa shape index (κ2) is 9.83. The van der Waals surface area contributed by atoms with E-state index in [1.54, 1.807) is 24.9 Å². The second-order valence-electron chi connectivity index (χ2n) is 4.38. The quantitative estimate of drug-likeness (QED) is 0.276. The number of hydrogen-bond acceptors (Lipinski definition) is 4. The highest BCUT2D eigenvalue weighted by molar-refractivity contribution is 7.78. The minimum absolute atomic E-state index is 0.119. The van der Waals surface area contributed by atoms with Crippen LogP contribution in [-0.2, 0) is 0 Å². The summed E-state index contributed by atoms with van der Waals surface area (Å²) in [7, 11) is 1.77. The van der Waals surface area contributed by atoms with Crippen LogP contribution in [0.3, 0.4) is 0 Å². The molecule has 0 saturated carbocycles. The van der Waals surface area contributed by atoms with Crippen molar-refractivity contribution >= 4 is 23.5 Å². The van der Waals surface area contributed by atoms with Crippen LogP contribution in [0.2, 0.25) is 0 Å². The molecule has 1 unspecified atom stereocenters. The molecule has 1 rings (SSSR count). The first kappa shape index (κ1) is 17.0. The predicted octanol–water partition coefficient (Wildman–Crippen LogP) is 3.13. The van der Waals surface area contributed by atoms with Crippen molar-refractivity contribution in [3.8, 4) is 0 Å². The third kappa shape index (κ3) is 5.47. The molecule has 112 valence electrons. The van der Waals surface area contributed by atoms with Gasteiger partial charge in [0.1, 0.15) is 0 Å². The van der Waals surface area contributed by atoms with Crippen molar-refractivity contribution in [1.29, 1.82) is 0 Å². The number of nitrogens with zero attached hydrogens (tertiary/aromatic N) is 3. The van der Waals surface area contributed by atoms with Crippen molar-refractivity contribution in [3.05, 3.63) is 54.4 Å². The minimum atomic E-state index is 0.119. The van der Waals surface area contributed by atoms with Gasteiger partial charge in [-0.25, -0.2) is 0 Å². The monoisotopic (exact) mass is 302 g/mol. The first-order valence-electron chi connectivity index (χ1n) is 6.90. The molecule has 1 aromatic rings. The highest BCUT2D eigenvalue weighted by Gasteiger charge is 2.16. The maximum Gasteiger partial charge on any atom is 0.160 e. The van der Waals surface area contributed by atoms with Gasteiger partial charge in [-0.15, -0.1) is 0 Å². The molecule has 0 fully saturated rings. The highest BCUT2D eigenvalue weighted by atomic mass is 32.1. The molecule has 0 aliphatic carbocycles. The van der Waals surface area contributed by atoms with Gasteiger partial charge in [-0.1, -0.05) is 36.5 Å². The standard InChI is InChI=1S/C16H22N4S/c1-4-5-6-7-8-14(2)20(13-21)16(19-17-3)15-9-11-18-12-10-15/h4-5,7-14,17H,6H2,1-3H3/b5-4-,8-7-,19-16-. The maximum absolute atomic E-state index is 5.17. The average molecular weight is 302 g/mol. The first-order valence-corrected chi connectivity index (χ1v) is 7.38. The number of hydrazone groups is 1. The summed E-state index contributed by atoms with van der Waals surface area (Å²) in [6, 6.07) is 3.95. The van der Waals surface area contributed by atoms with E-state index < -0.39 is 0 Å². The lowest BCUT2D eigenvalue weighted by Gasteiger charge is -2.25. The minimum Gasteiger partial charge on any atom is -0.315 e. The van der Waals surface area contributed by atoms with E-state index in [1.807, 2.05) is 30.0 Å². The first-order chi connectivity index (χ1) is 10.2. The summed E-state index contributed by atoms with van der Waals surface area (Å²) in [4.78, 5) is 5.99. The molecule has 0 aromatic carbocycles. The second-order valence-corrected chi connectivity index (χ2v) is 4.59. The molecule has 1 N–H and O–H groups in total. The van der Waals surface area contributed by atoms with Crippen molar-refractivity contribution in [2.75, 3.05) is 7.05 Å². The van der Waals surface area contributed by atoms with Crippen molar-refractivity contribution in [1.82, 2.24) is 15.3 Å². The molecular weight excluding hydrogens is 280 g/mol. The van der Waals surface area contributed by atoms with Gasteiger partial charge in [0, 0.05) is 25.0 Å². The van der Waals surface area contributed by atoms with Crippen LogP contribution in [0.15, 0.2) is 53.9 Å². The molecule has 1 atom stereocenters. The van der Waals surface area contributed by atoms with Crippen LogP contribution >= 0.6 is 12.2 Å². The van der Waals surface area contributed by atoms with Gasteiger partial charge in [0.25, 0.3) is 0 Å². The van der Waals surface area contributed by atoms with Gasteiger partial charge in [-0.3, -0.25) is 4.98 Å². The molecule has 0 saturated heterocycles. The molecule has 0 bridgehead atoms. The normalized spacial score (nSPS) is 13.6. The van der Waals surface area contributed by atoms with E-state index in [0.29, 0.717) is 0 Å². The number of hydrogen-bond donors (Lipinski definition) is 1. The Morgan fingerprint density at radius 2 is 2.14 bits per heavy atom. The van der Waals surface area contributed by atoms with Gasteiger partial charge in [-0.05, 0) is 32.4 Å². The zero-order valence-corrected chi connectivity index (χ0v) is 13.5. The van der Waals surface area contributed by atoms with Gasteiger partial charge in [0.05, 0.1) is 11.5 Å². The largest absolute Gasteiger partial charge is 0.315 e. The number of rotatable bonds is 7. The van der Waals surface area contributed by atoms with Crippen LogP contribution in [-0.4, -0.2) is 34.3 Å². The van der Waals surface area contributed by atoms with Gasteiger partial charge in [-0.2, -0.15) is 5.10 Å². The van der Waals surface area contributed by atoms with Gasteiger partial charge >= 0.3 is 0 Å². The number of thiocarbonyl (C=S) groups is 1. The third-order valence-electron chi connectivity index (χ3n) is 2.88. The molecule has 0 amide bonds. The fourth-order valence-electron chi connectivity index (χ4n) is 1.80. The summed E-state index contributed by atoms with van der Waals surface area (Å²) in [6.07, 6.45) is 12.8. The van der Waals surface area contributed by atoms with Crippen LogP contribution in [0.1, 0.15) is 25.8 Å². The van der Waals surface area contributed by atoms with Crippen molar-refractivity contribution in [2.45, 2.75) is 26.3 Å². The summed E-state index contributed by atoms with van der Waals surface area (Å²) in [5.74, 6) is 0.776.